The van der Waals surface area contributed by atoms with Crippen molar-refractivity contribution in [1.82, 2.24) is 0 Å². The molecule has 6 nitrogen and oxygen atoms in total. The summed E-state index contributed by atoms with van der Waals surface area (Å²) >= 11 is 0. The number of ether oxygens (including phenoxy) is 3. The summed E-state index contributed by atoms with van der Waals surface area (Å²) in [6.07, 6.45) is -3.94. The van der Waals surface area contributed by atoms with Gasteiger partial charge in [0.2, 0.25) is 0 Å². The van der Waals surface area contributed by atoms with Gasteiger partial charge in [0.1, 0.15) is 24.9 Å². The molecule has 6 heteroatoms. The number of benzene rings is 1. The minimum absolute atomic E-state index is 0.0666. The molecule has 2 rings (SSSR count). The average molecular weight is 282 g/mol. The van der Waals surface area contributed by atoms with Crippen LogP contribution >= 0.6 is 0 Å². The first-order chi connectivity index (χ1) is 9.58. The lowest BCUT2D eigenvalue weighted by molar-refractivity contribution is -0.156. The summed E-state index contributed by atoms with van der Waals surface area (Å²) in [5.74, 6) is -0.453. The minimum Gasteiger partial charge on any atom is -0.463 e. The Morgan fingerprint density at radius 2 is 2.00 bits per heavy atom. The van der Waals surface area contributed by atoms with Gasteiger partial charge in [-0.1, -0.05) is 30.3 Å². The maximum absolute atomic E-state index is 10.8. The largest absolute Gasteiger partial charge is 0.463 e. The van der Waals surface area contributed by atoms with Gasteiger partial charge < -0.3 is 24.4 Å². The van der Waals surface area contributed by atoms with Crippen LogP contribution in [-0.2, 0) is 25.6 Å². The lowest BCUT2D eigenvalue weighted by atomic mass is 10.1. The summed E-state index contributed by atoms with van der Waals surface area (Å²) in [6, 6.07) is 9.43. The smallest absolute Gasteiger partial charge is 0.302 e. The molecule has 1 aliphatic heterocycles. The molecule has 0 spiro atoms. The Morgan fingerprint density at radius 3 is 2.65 bits per heavy atom. The molecule has 2 N–H and O–H groups in total. The molecular formula is C14H18O6. The van der Waals surface area contributed by atoms with E-state index in [4.69, 9.17) is 14.2 Å². The van der Waals surface area contributed by atoms with Crippen molar-refractivity contribution in [2.75, 3.05) is 6.61 Å². The number of carbonyl (C=O) groups is 1. The van der Waals surface area contributed by atoms with Crippen molar-refractivity contribution in [3.8, 4) is 0 Å². The highest BCUT2D eigenvalue weighted by Gasteiger charge is 2.44. The number of aliphatic hydroxyl groups is 2. The highest BCUT2D eigenvalue weighted by molar-refractivity contribution is 5.65. The van der Waals surface area contributed by atoms with Crippen LogP contribution in [0.25, 0.3) is 0 Å². The van der Waals surface area contributed by atoms with Crippen molar-refractivity contribution in [2.45, 2.75) is 38.1 Å². The molecule has 0 aromatic heterocycles. The van der Waals surface area contributed by atoms with Crippen molar-refractivity contribution >= 4 is 5.97 Å². The van der Waals surface area contributed by atoms with E-state index in [1.54, 1.807) is 0 Å². The predicted octanol–water partition coefficient (Wildman–Crippen LogP) is 0.213. The Bertz CT molecular complexity index is 435. The third-order valence-electron chi connectivity index (χ3n) is 3.05. The van der Waals surface area contributed by atoms with Gasteiger partial charge in [-0.2, -0.15) is 0 Å². The molecule has 0 bridgehead atoms. The van der Waals surface area contributed by atoms with E-state index in [0.29, 0.717) is 0 Å². The molecule has 0 saturated carbocycles. The number of hydrogen-bond acceptors (Lipinski definition) is 6. The van der Waals surface area contributed by atoms with Crippen molar-refractivity contribution in [2.24, 2.45) is 0 Å². The van der Waals surface area contributed by atoms with Crippen LogP contribution in [-0.4, -0.2) is 47.4 Å². The Hall–Kier alpha value is -1.47. The van der Waals surface area contributed by atoms with Crippen molar-refractivity contribution < 1.29 is 29.2 Å². The zero-order valence-electron chi connectivity index (χ0n) is 11.1. The number of hydrogen-bond donors (Lipinski definition) is 2. The lowest BCUT2D eigenvalue weighted by Crippen LogP contribution is -2.37. The fourth-order valence-electron chi connectivity index (χ4n) is 2.03. The zero-order chi connectivity index (χ0) is 14.5. The van der Waals surface area contributed by atoms with Gasteiger partial charge in [0, 0.05) is 6.92 Å². The second-order valence-electron chi connectivity index (χ2n) is 4.62. The topological polar surface area (TPSA) is 85.2 Å². The first kappa shape index (κ1) is 14.9. The van der Waals surface area contributed by atoms with E-state index in [0.717, 1.165) is 5.56 Å². The van der Waals surface area contributed by atoms with E-state index in [1.807, 2.05) is 30.3 Å². The summed E-state index contributed by atoms with van der Waals surface area (Å²) < 4.78 is 15.6. The molecule has 0 amide bonds. The number of aliphatic hydroxyl groups excluding tert-OH is 2. The predicted molar refractivity (Wildman–Crippen MR) is 68.5 cm³/mol. The highest BCUT2D eigenvalue weighted by atomic mass is 16.7. The molecule has 0 aliphatic carbocycles. The SMILES string of the molecule is CC(=O)OC[C@H]1O[C@@H](O)[C@H](O)[C@@H]1OCc1ccccc1. The fraction of sp³-hybridized carbons (Fsp3) is 0.500. The first-order valence-corrected chi connectivity index (χ1v) is 6.38. The standard InChI is InChI=1S/C14H18O6/c1-9(15)18-8-11-13(12(16)14(17)20-11)19-7-10-5-3-2-4-6-10/h2-6,11-14,16-17H,7-8H2,1H3/t11-,12-,13-,14-/m1/s1. The van der Waals surface area contributed by atoms with Crippen LogP contribution in [0.4, 0.5) is 0 Å². The van der Waals surface area contributed by atoms with E-state index in [9.17, 15) is 15.0 Å². The Morgan fingerprint density at radius 1 is 1.30 bits per heavy atom. The van der Waals surface area contributed by atoms with Crippen molar-refractivity contribution in [1.29, 1.82) is 0 Å². The number of carbonyl (C=O) groups excluding carboxylic acids is 1. The summed E-state index contributed by atoms with van der Waals surface area (Å²) in [4.78, 5) is 10.8. The summed E-state index contributed by atoms with van der Waals surface area (Å²) in [6.45, 7) is 1.49. The van der Waals surface area contributed by atoms with Crippen LogP contribution in [0.1, 0.15) is 12.5 Å². The van der Waals surface area contributed by atoms with Crippen LogP contribution in [0.15, 0.2) is 30.3 Å². The second-order valence-corrected chi connectivity index (χ2v) is 4.62. The summed E-state index contributed by atoms with van der Waals surface area (Å²) in [5.41, 5.74) is 0.937. The normalized spacial score (nSPS) is 29.4. The van der Waals surface area contributed by atoms with Crippen molar-refractivity contribution in [3.05, 3.63) is 35.9 Å². The molecule has 0 radical (unpaired) electrons. The molecule has 110 valence electrons. The number of rotatable bonds is 5. The molecule has 20 heavy (non-hydrogen) atoms. The van der Waals surface area contributed by atoms with Gasteiger partial charge in [-0.25, -0.2) is 0 Å². The van der Waals surface area contributed by atoms with Gasteiger partial charge in [-0.15, -0.1) is 0 Å². The van der Waals surface area contributed by atoms with Gasteiger partial charge in [0.25, 0.3) is 0 Å². The van der Waals surface area contributed by atoms with Crippen LogP contribution < -0.4 is 0 Å². The molecule has 1 saturated heterocycles. The quantitative estimate of drug-likeness (QED) is 0.751. The molecule has 1 aromatic carbocycles. The third kappa shape index (κ3) is 3.77. The molecule has 1 heterocycles. The van der Waals surface area contributed by atoms with Crippen LogP contribution in [0, 0.1) is 0 Å². The fourth-order valence-corrected chi connectivity index (χ4v) is 2.03. The van der Waals surface area contributed by atoms with Crippen LogP contribution in [0.2, 0.25) is 0 Å². The van der Waals surface area contributed by atoms with Crippen molar-refractivity contribution in [3.63, 3.8) is 0 Å². The molecule has 4 atom stereocenters. The molecule has 0 unspecified atom stereocenters. The van der Waals surface area contributed by atoms with Gasteiger partial charge in [-0.05, 0) is 5.56 Å². The average Bonchev–Trinajstić information content (AvgIpc) is 2.71. The van der Waals surface area contributed by atoms with Crippen LogP contribution in [0.5, 0.6) is 0 Å². The summed E-state index contributed by atoms with van der Waals surface area (Å²) in [7, 11) is 0. The summed E-state index contributed by atoms with van der Waals surface area (Å²) in [5, 5.41) is 19.3. The zero-order valence-corrected chi connectivity index (χ0v) is 11.1. The maximum atomic E-state index is 10.8. The van der Waals surface area contributed by atoms with E-state index in [-0.39, 0.29) is 13.2 Å². The van der Waals surface area contributed by atoms with Crippen LogP contribution in [0.3, 0.4) is 0 Å². The monoisotopic (exact) mass is 282 g/mol. The molecule has 1 aliphatic rings. The van der Waals surface area contributed by atoms with E-state index in [2.05, 4.69) is 0 Å². The van der Waals surface area contributed by atoms with Gasteiger partial charge in [0.15, 0.2) is 6.29 Å². The first-order valence-electron chi connectivity index (χ1n) is 6.38. The highest BCUT2D eigenvalue weighted by Crippen LogP contribution is 2.24. The van der Waals surface area contributed by atoms with E-state index < -0.39 is 30.6 Å². The second kappa shape index (κ2) is 6.81. The lowest BCUT2D eigenvalue weighted by Gasteiger charge is -2.20. The number of esters is 1. The van der Waals surface area contributed by atoms with E-state index >= 15 is 0 Å². The van der Waals surface area contributed by atoms with E-state index in [1.165, 1.54) is 6.92 Å². The molecule has 1 fully saturated rings. The van der Waals surface area contributed by atoms with Gasteiger partial charge in [-0.3, -0.25) is 4.79 Å². The maximum Gasteiger partial charge on any atom is 0.302 e. The Kier molecular flexibility index (Phi) is 5.08. The third-order valence-corrected chi connectivity index (χ3v) is 3.05. The van der Waals surface area contributed by atoms with Gasteiger partial charge in [0.05, 0.1) is 6.61 Å². The molecular weight excluding hydrogens is 264 g/mol. The minimum atomic E-state index is -1.34. The molecule has 1 aromatic rings. The van der Waals surface area contributed by atoms with Gasteiger partial charge >= 0.3 is 5.97 Å². The Labute approximate surface area is 116 Å². The Balaban J connectivity index is 1.93.